The molecule has 0 spiro atoms. The molecule has 0 aliphatic heterocycles. The largest absolute Gasteiger partial charge is 0.466 e. The maximum absolute atomic E-state index is 11.6. The van der Waals surface area contributed by atoms with Gasteiger partial charge in [-0.3, -0.25) is 4.79 Å². The Morgan fingerprint density at radius 3 is 2.29 bits per heavy atom. The van der Waals surface area contributed by atoms with Crippen LogP contribution in [0.5, 0.6) is 0 Å². The van der Waals surface area contributed by atoms with Gasteiger partial charge in [-0.1, -0.05) is 25.7 Å². The summed E-state index contributed by atoms with van der Waals surface area (Å²) in [5.41, 5.74) is 0. The maximum Gasteiger partial charge on any atom is 0.308 e. The van der Waals surface area contributed by atoms with Crippen LogP contribution in [0.4, 0.5) is 0 Å². The van der Waals surface area contributed by atoms with E-state index in [9.17, 15) is 4.79 Å². The van der Waals surface area contributed by atoms with Gasteiger partial charge in [0.15, 0.2) is 0 Å². The van der Waals surface area contributed by atoms with Crippen molar-refractivity contribution in [2.75, 3.05) is 6.61 Å². The van der Waals surface area contributed by atoms with Crippen molar-refractivity contribution in [1.82, 2.24) is 0 Å². The molecule has 0 bridgehead atoms. The number of fused-ring (bicyclic) bond motifs is 1. The predicted molar refractivity (Wildman–Crippen MR) is 54.8 cm³/mol. The molecule has 0 aromatic carbocycles. The lowest BCUT2D eigenvalue weighted by Gasteiger charge is -2.24. The van der Waals surface area contributed by atoms with Crippen LogP contribution in [0.1, 0.15) is 45.4 Å². The van der Waals surface area contributed by atoms with Crippen molar-refractivity contribution >= 4 is 5.97 Å². The van der Waals surface area contributed by atoms with Gasteiger partial charge in [-0.05, 0) is 31.6 Å². The summed E-state index contributed by atoms with van der Waals surface area (Å²) in [6, 6.07) is 0. The van der Waals surface area contributed by atoms with Gasteiger partial charge < -0.3 is 4.74 Å². The van der Waals surface area contributed by atoms with E-state index in [0.717, 1.165) is 24.7 Å². The normalized spacial score (nSPS) is 32.6. The average Bonchev–Trinajstić information content (AvgIpc) is 2.61. The average molecular weight is 196 g/mol. The minimum atomic E-state index is 0.0573. The quantitative estimate of drug-likeness (QED) is 0.635. The number of hydrogen-bond acceptors (Lipinski definition) is 2. The first-order chi connectivity index (χ1) is 6.81. The molecule has 2 nitrogen and oxygen atoms in total. The Bertz CT molecular complexity index is 198. The molecule has 2 atom stereocenters. The summed E-state index contributed by atoms with van der Waals surface area (Å²) in [4.78, 5) is 11.6. The van der Waals surface area contributed by atoms with Crippen molar-refractivity contribution in [2.24, 2.45) is 17.8 Å². The summed E-state index contributed by atoms with van der Waals surface area (Å²) in [6.45, 7) is 2.42. The molecule has 0 saturated heterocycles. The van der Waals surface area contributed by atoms with Crippen LogP contribution in [0.25, 0.3) is 0 Å². The lowest BCUT2D eigenvalue weighted by Crippen LogP contribution is -2.14. The van der Waals surface area contributed by atoms with Gasteiger partial charge in [-0.15, -0.1) is 0 Å². The number of carbonyl (C=O) groups excluding carboxylic acids is 1. The minimum absolute atomic E-state index is 0.0573. The summed E-state index contributed by atoms with van der Waals surface area (Å²) in [5.74, 6) is 1.95. The van der Waals surface area contributed by atoms with E-state index in [1.807, 2.05) is 6.92 Å². The van der Waals surface area contributed by atoms with Gasteiger partial charge in [0.1, 0.15) is 0 Å². The highest BCUT2D eigenvalue weighted by Crippen LogP contribution is 2.45. The SMILES string of the molecule is CCOC(=O)C1C[C@@H]2CCCC[C@H]2C1. The fourth-order valence-corrected chi connectivity index (χ4v) is 3.18. The zero-order chi connectivity index (χ0) is 9.97. The van der Waals surface area contributed by atoms with Crippen LogP contribution >= 0.6 is 0 Å². The molecular weight excluding hydrogens is 176 g/mol. The fraction of sp³-hybridized carbons (Fsp3) is 0.917. The van der Waals surface area contributed by atoms with Crippen molar-refractivity contribution in [3.05, 3.63) is 0 Å². The third kappa shape index (κ3) is 1.94. The topological polar surface area (TPSA) is 26.3 Å². The molecule has 2 rings (SSSR count). The van der Waals surface area contributed by atoms with Crippen LogP contribution < -0.4 is 0 Å². The van der Waals surface area contributed by atoms with Crippen LogP contribution in [-0.4, -0.2) is 12.6 Å². The van der Waals surface area contributed by atoms with E-state index in [1.165, 1.54) is 25.7 Å². The fourth-order valence-electron chi connectivity index (χ4n) is 3.18. The van der Waals surface area contributed by atoms with E-state index in [4.69, 9.17) is 4.74 Å². The lowest BCUT2D eigenvalue weighted by molar-refractivity contribution is -0.147. The van der Waals surface area contributed by atoms with Gasteiger partial charge in [-0.2, -0.15) is 0 Å². The lowest BCUT2D eigenvalue weighted by atomic mass is 9.82. The number of ether oxygens (including phenoxy) is 1. The molecule has 0 aromatic heterocycles. The zero-order valence-corrected chi connectivity index (χ0v) is 9.00. The van der Waals surface area contributed by atoms with Gasteiger partial charge in [0, 0.05) is 0 Å². The van der Waals surface area contributed by atoms with E-state index >= 15 is 0 Å². The molecule has 80 valence electrons. The molecule has 2 heteroatoms. The molecule has 0 aromatic rings. The molecule has 0 unspecified atom stereocenters. The summed E-state index contributed by atoms with van der Waals surface area (Å²) in [6.07, 6.45) is 7.64. The van der Waals surface area contributed by atoms with Gasteiger partial charge in [0.25, 0.3) is 0 Å². The smallest absolute Gasteiger partial charge is 0.308 e. The van der Waals surface area contributed by atoms with Crippen molar-refractivity contribution in [1.29, 1.82) is 0 Å². The molecule has 0 N–H and O–H groups in total. The van der Waals surface area contributed by atoms with Crippen molar-refractivity contribution < 1.29 is 9.53 Å². The second kappa shape index (κ2) is 4.33. The first-order valence-corrected chi connectivity index (χ1v) is 5.98. The second-order valence-corrected chi connectivity index (χ2v) is 4.72. The van der Waals surface area contributed by atoms with Gasteiger partial charge in [0.05, 0.1) is 12.5 Å². The zero-order valence-electron chi connectivity index (χ0n) is 9.00. The Hall–Kier alpha value is -0.530. The standard InChI is InChI=1S/C12H20O2/c1-2-14-12(13)11-7-9-5-3-4-6-10(9)8-11/h9-11H,2-8H2,1H3/t9-,10-/m0/s1. The molecule has 0 amide bonds. The Kier molecular flexibility index (Phi) is 3.09. The molecule has 2 fully saturated rings. The Morgan fingerprint density at radius 2 is 1.79 bits per heavy atom. The van der Waals surface area contributed by atoms with Crippen LogP contribution in [-0.2, 0) is 9.53 Å². The third-order valence-electron chi connectivity index (χ3n) is 3.86. The predicted octanol–water partition coefficient (Wildman–Crippen LogP) is 2.77. The number of esters is 1. The van der Waals surface area contributed by atoms with E-state index in [1.54, 1.807) is 0 Å². The Balaban J connectivity index is 1.89. The highest BCUT2D eigenvalue weighted by molar-refractivity contribution is 5.72. The Labute approximate surface area is 86.0 Å². The monoisotopic (exact) mass is 196 g/mol. The second-order valence-electron chi connectivity index (χ2n) is 4.72. The van der Waals surface area contributed by atoms with Gasteiger partial charge in [0.2, 0.25) is 0 Å². The first-order valence-electron chi connectivity index (χ1n) is 5.98. The van der Waals surface area contributed by atoms with Crippen LogP contribution in [0, 0.1) is 17.8 Å². The van der Waals surface area contributed by atoms with Gasteiger partial charge in [-0.25, -0.2) is 0 Å². The molecule has 14 heavy (non-hydrogen) atoms. The molecule has 2 aliphatic rings. The summed E-state index contributed by atoms with van der Waals surface area (Å²) < 4.78 is 5.09. The first kappa shape index (κ1) is 10.0. The van der Waals surface area contributed by atoms with Crippen LogP contribution in [0.3, 0.4) is 0 Å². The van der Waals surface area contributed by atoms with E-state index in [2.05, 4.69) is 0 Å². The highest BCUT2D eigenvalue weighted by atomic mass is 16.5. The summed E-state index contributed by atoms with van der Waals surface area (Å²) in [7, 11) is 0. The number of carbonyl (C=O) groups is 1. The molecule has 0 heterocycles. The summed E-state index contributed by atoms with van der Waals surface area (Å²) in [5, 5.41) is 0. The molecular formula is C12H20O2. The van der Waals surface area contributed by atoms with Crippen LogP contribution in [0.2, 0.25) is 0 Å². The van der Waals surface area contributed by atoms with Crippen molar-refractivity contribution in [2.45, 2.75) is 45.4 Å². The summed E-state index contributed by atoms with van der Waals surface area (Å²) >= 11 is 0. The molecule has 0 radical (unpaired) electrons. The molecule has 2 aliphatic carbocycles. The third-order valence-corrected chi connectivity index (χ3v) is 3.86. The number of rotatable bonds is 2. The minimum Gasteiger partial charge on any atom is -0.466 e. The van der Waals surface area contributed by atoms with Crippen molar-refractivity contribution in [3.63, 3.8) is 0 Å². The van der Waals surface area contributed by atoms with Gasteiger partial charge >= 0.3 is 5.97 Å². The van der Waals surface area contributed by atoms with Crippen molar-refractivity contribution in [3.8, 4) is 0 Å². The Morgan fingerprint density at radius 1 is 1.21 bits per heavy atom. The highest BCUT2D eigenvalue weighted by Gasteiger charge is 2.39. The van der Waals surface area contributed by atoms with E-state index in [0.29, 0.717) is 6.61 Å². The van der Waals surface area contributed by atoms with Crippen LogP contribution in [0.15, 0.2) is 0 Å². The van der Waals surface area contributed by atoms with E-state index < -0.39 is 0 Å². The molecule has 2 saturated carbocycles. The number of hydrogen-bond donors (Lipinski definition) is 0. The van der Waals surface area contributed by atoms with E-state index in [-0.39, 0.29) is 11.9 Å². The maximum atomic E-state index is 11.6.